The number of imidazole rings is 1. The number of carbonyl (C=O) groups is 1. The molecule has 1 atom stereocenters. The van der Waals surface area contributed by atoms with Crippen molar-refractivity contribution in [3.05, 3.63) is 17.7 Å². The molecule has 0 radical (unpaired) electrons. The van der Waals surface area contributed by atoms with E-state index in [2.05, 4.69) is 34.4 Å². The number of amides is 1. The molecule has 0 saturated carbocycles. The second-order valence-electron chi connectivity index (χ2n) is 5.65. The van der Waals surface area contributed by atoms with Crippen LogP contribution in [0.2, 0.25) is 0 Å². The molecule has 19 heavy (non-hydrogen) atoms. The van der Waals surface area contributed by atoms with Crippen LogP contribution >= 0.6 is 0 Å². The molecule has 1 unspecified atom stereocenters. The van der Waals surface area contributed by atoms with Crippen LogP contribution in [-0.4, -0.2) is 28.5 Å². The fourth-order valence-electron chi connectivity index (χ4n) is 2.37. The number of aromatic nitrogens is 2. The van der Waals surface area contributed by atoms with Crippen LogP contribution in [0.3, 0.4) is 0 Å². The van der Waals surface area contributed by atoms with Gasteiger partial charge in [-0.25, -0.2) is 4.98 Å². The van der Waals surface area contributed by atoms with Crippen molar-refractivity contribution in [1.82, 2.24) is 20.6 Å². The molecule has 0 aliphatic carbocycles. The molecule has 0 fully saturated rings. The van der Waals surface area contributed by atoms with E-state index in [1.54, 1.807) is 6.33 Å². The minimum Gasteiger partial charge on any atom is -0.355 e. The summed E-state index contributed by atoms with van der Waals surface area (Å²) in [5.74, 6) is 0.840. The Kier molecular flexibility index (Phi) is 4.96. The number of unbranched alkanes of at least 4 members (excludes halogenated alkanes) is 1. The normalized spacial score (nSPS) is 18.4. The van der Waals surface area contributed by atoms with E-state index in [1.807, 2.05) is 0 Å². The summed E-state index contributed by atoms with van der Waals surface area (Å²) in [5.41, 5.74) is 2.11. The Labute approximate surface area is 114 Å². The van der Waals surface area contributed by atoms with E-state index in [4.69, 9.17) is 0 Å². The van der Waals surface area contributed by atoms with Crippen molar-refractivity contribution in [2.45, 2.75) is 52.1 Å². The van der Waals surface area contributed by atoms with Crippen molar-refractivity contribution in [3.63, 3.8) is 0 Å². The van der Waals surface area contributed by atoms with Crippen LogP contribution in [0.1, 0.15) is 44.5 Å². The molecule has 1 amide bonds. The molecule has 5 heteroatoms. The number of nitrogens with zero attached hydrogens (tertiary/aromatic N) is 1. The summed E-state index contributed by atoms with van der Waals surface area (Å²) in [6.45, 7) is 5.93. The maximum atomic E-state index is 12.0. The molecule has 5 nitrogen and oxygen atoms in total. The van der Waals surface area contributed by atoms with Crippen molar-refractivity contribution >= 4 is 5.91 Å². The van der Waals surface area contributed by atoms with Gasteiger partial charge in [0.2, 0.25) is 5.91 Å². The van der Waals surface area contributed by atoms with Crippen LogP contribution in [0.5, 0.6) is 0 Å². The zero-order valence-corrected chi connectivity index (χ0v) is 11.8. The second kappa shape index (κ2) is 6.70. The van der Waals surface area contributed by atoms with Crippen LogP contribution in [-0.2, 0) is 17.8 Å². The number of H-pyrrole nitrogens is 1. The third-order valence-corrected chi connectivity index (χ3v) is 3.55. The fraction of sp³-hybridized carbons (Fsp3) is 0.714. The van der Waals surface area contributed by atoms with E-state index in [-0.39, 0.29) is 11.9 Å². The molecular weight excluding hydrogens is 240 g/mol. The number of carbonyl (C=O) groups excluding carboxylic acids is 1. The standard InChI is InChI=1S/C14H24N4O/c1-10(2)5-3-4-6-15-14(19)12-7-11-13(8-16-12)18-9-17-11/h9-10,12,16H,3-8H2,1-2H3,(H,15,19)(H,17,18). The quantitative estimate of drug-likeness (QED) is 0.680. The van der Waals surface area contributed by atoms with Gasteiger partial charge < -0.3 is 10.3 Å². The Bertz CT molecular complexity index is 413. The van der Waals surface area contributed by atoms with Gasteiger partial charge in [-0.05, 0) is 12.3 Å². The molecule has 1 aromatic heterocycles. The van der Waals surface area contributed by atoms with Gasteiger partial charge in [0, 0.05) is 19.5 Å². The molecule has 2 rings (SSSR count). The Morgan fingerprint density at radius 1 is 1.53 bits per heavy atom. The van der Waals surface area contributed by atoms with Gasteiger partial charge in [-0.1, -0.05) is 26.7 Å². The molecule has 0 saturated heterocycles. The molecule has 3 N–H and O–H groups in total. The Morgan fingerprint density at radius 2 is 2.37 bits per heavy atom. The Hall–Kier alpha value is -1.36. The number of nitrogens with one attached hydrogen (secondary N) is 3. The van der Waals surface area contributed by atoms with Crippen molar-refractivity contribution < 1.29 is 4.79 Å². The van der Waals surface area contributed by atoms with Crippen molar-refractivity contribution in [2.75, 3.05) is 6.54 Å². The second-order valence-corrected chi connectivity index (χ2v) is 5.65. The van der Waals surface area contributed by atoms with Gasteiger partial charge in [0.25, 0.3) is 0 Å². The summed E-state index contributed by atoms with van der Waals surface area (Å²) in [5, 5.41) is 6.25. The highest BCUT2D eigenvalue weighted by Gasteiger charge is 2.25. The summed E-state index contributed by atoms with van der Waals surface area (Å²) in [6.07, 6.45) is 5.84. The zero-order valence-electron chi connectivity index (χ0n) is 11.8. The lowest BCUT2D eigenvalue weighted by Crippen LogP contribution is -2.47. The average Bonchev–Trinajstić information content (AvgIpc) is 2.84. The van der Waals surface area contributed by atoms with Crippen molar-refractivity contribution in [1.29, 1.82) is 0 Å². The average molecular weight is 264 g/mol. The summed E-state index contributed by atoms with van der Waals surface area (Å²) >= 11 is 0. The van der Waals surface area contributed by atoms with Crippen molar-refractivity contribution in [2.24, 2.45) is 5.92 Å². The predicted molar refractivity (Wildman–Crippen MR) is 74.6 cm³/mol. The van der Waals surface area contributed by atoms with Gasteiger partial charge in [-0.3, -0.25) is 10.1 Å². The maximum Gasteiger partial charge on any atom is 0.237 e. The number of fused-ring (bicyclic) bond motifs is 1. The van der Waals surface area contributed by atoms with E-state index in [0.717, 1.165) is 30.3 Å². The molecule has 2 heterocycles. The Balaban J connectivity index is 1.67. The minimum atomic E-state index is -0.138. The van der Waals surface area contributed by atoms with Gasteiger partial charge in [0.15, 0.2) is 0 Å². The molecular formula is C14H24N4O. The van der Waals surface area contributed by atoms with Crippen LogP contribution in [0.15, 0.2) is 6.33 Å². The maximum absolute atomic E-state index is 12.0. The zero-order chi connectivity index (χ0) is 13.7. The van der Waals surface area contributed by atoms with Gasteiger partial charge in [-0.15, -0.1) is 0 Å². The third kappa shape index (κ3) is 4.06. The molecule has 1 aromatic rings. The summed E-state index contributed by atoms with van der Waals surface area (Å²) < 4.78 is 0. The lowest BCUT2D eigenvalue weighted by atomic mass is 10.0. The van der Waals surface area contributed by atoms with Crippen molar-refractivity contribution in [3.8, 4) is 0 Å². The first-order chi connectivity index (χ1) is 9.16. The van der Waals surface area contributed by atoms with Gasteiger partial charge >= 0.3 is 0 Å². The monoisotopic (exact) mass is 264 g/mol. The summed E-state index contributed by atoms with van der Waals surface area (Å²) in [6, 6.07) is -0.138. The van der Waals surface area contributed by atoms with Crippen LogP contribution in [0.4, 0.5) is 0 Å². The smallest absolute Gasteiger partial charge is 0.237 e. The van der Waals surface area contributed by atoms with Crippen LogP contribution < -0.4 is 10.6 Å². The lowest BCUT2D eigenvalue weighted by molar-refractivity contribution is -0.123. The largest absolute Gasteiger partial charge is 0.355 e. The topological polar surface area (TPSA) is 69.8 Å². The summed E-state index contributed by atoms with van der Waals surface area (Å²) in [4.78, 5) is 19.3. The van der Waals surface area contributed by atoms with E-state index >= 15 is 0 Å². The van der Waals surface area contributed by atoms with E-state index < -0.39 is 0 Å². The molecule has 0 spiro atoms. The van der Waals surface area contributed by atoms with Crippen LogP contribution in [0.25, 0.3) is 0 Å². The van der Waals surface area contributed by atoms with Gasteiger partial charge in [0.05, 0.1) is 23.8 Å². The number of rotatable bonds is 6. The highest BCUT2D eigenvalue weighted by atomic mass is 16.2. The molecule has 1 aliphatic rings. The number of hydrogen-bond acceptors (Lipinski definition) is 3. The summed E-state index contributed by atoms with van der Waals surface area (Å²) in [7, 11) is 0. The van der Waals surface area contributed by atoms with E-state index in [0.29, 0.717) is 13.0 Å². The number of aromatic amines is 1. The first-order valence-electron chi connectivity index (χ1n) is 7.19. The SMILES string of the molecule is CC(C)CCCCNC(=O)C1Cc2nc[nH]c2CN1. The van der Waals surface area contributed by atoms with Gasteiger partial charge in [0.1, 0.15) is 0 Å². The van der Waals surface area contributed by atoms with E-state index in [1.165, 1.54) is 12.8 Å². The lowest BCUT2D eigenvalue weighted by Gasteiger charge is -2.22. The number of hydrogen-bond donors (Lipinski definition) is 3. The van der Waals surface area contributed by atoms with E-state index in [9.17, 15) is 4.79 Å². The third-order valence-electron chi connectivity index (χ3n) is 3.55. The first kappa shape index (κ1) is 14.1. The van der Waals surface area contributed by atoms with Gasteiger partial charge in [-0.2, -0.15) is 0 Å². The Morgan fingerprint density at radius 3 is 3.16 bits per heavy atom. The highest BCUT2D eigenvalue weighted by Crippen LogP contribution is 2.12. The molecule has 0 aromatic carbocycles. The molecule has 106 valence electrons. The highest BCUT2D eigenvalue weighted by molar-refractivity contribution is 5.82. The fourth-order valence-corrected chi connectivity index (χ4v) is 2.37. The predicted octanol–water partition coefficient (Wildman–Crippen LogP) is 1.37. The molecule has 0 bridgehead atoms. The minimum absolute atomic E-state index is 0.0956. The first-order valence-corrected chi connectivity index (χ1v) is 7.19. The molecule has 1 aliphatic heterocycles. The van der Waals surface area contributed by atoms with Crippen LogP contribution in [0, 0.1) is 5.92 Å².